The number of hydrogen-bond acceptors (Lipinski definition) is 7. The summed E-state index contributed by atoms with van der Waals surface area (Å²) >= 11 is 0. The third kappa shape index (κ3) is 7.56. The molecule has 0 radical (unpaired) electrons. The summed E-state index contributed by atoms with van der Waals surface area (Å²) in [6.45, 7) is 4.14. The molecule has 1 aliphatic heterocycles. The second kappa shape index (κ2) is 14.2. The first-order chi connectivity index (χ1) is 20.7. The molecule has 0 bridgehead atoms. The first-order valence-electron chi connectivity index (χ1n) is 14.1. The fraction of sp³-hybridized carbons (Fsp3) is 0.355. The largest absolute Gasteiger partial charge is 0.497 e. The molecule has 0 saturated heterocycles. The van der Waals surface area contributed by atoms with Crippen molar-refractivity contribution in [1.29, 1.82) is 0 Å². The lowest BCUT2D eigenvalue weighted by molar-refractivity contribution is -0.140. The monoisotopic (exact) mass is 613 g/mol. The summed E-state index contributed by atoms with van der Waals surface area (Å²) < 4.78 is 59.3. The van der Waals surface area contributed by atoms with E-state index in [1.807, 2.05) is 6.92 Å². The number of nitrogens with zero attached hydrogens (tertiary/aromatic N) is 2. The molecular weight excluding hydrogens is 577 g/mol. The Morgan fingerprint density at radius 2 is 1.65 bits per heavy atom. The molecular formula is C31H36FN3O7S. The highest BCUT2D eigenvalue weighted by molar-refractivity contribution is 7.92. The van der Waals surface area contributed by atoms with Gasteiger partial charge in [0.1, 0.15) is 37.4 Å². The van der Waals surface area contributed by atoms with E-state index in [-0.39, 0.29) is 35.4 Å². The number of fused-ring (bicyclic) bond motifs is 1. The molecule has 1 aliphatic rings. The number of halogens is 1. The van der Waals surface area contributed by atoms with Crippen molar-refractivity contribution in [3.63, 3.8) is 0 Å². The van der Waals surface area contributed by atoms with E-state index in [1.54, 1.807) is 38.3 Å². The molecule has 0 unspecified atom stereocenters. The van der Waals surface area contributed by atoms with Gasteiger partial charge in [-0.3, -0.25) is 13.9 Å². The van der Waals surface area contributed by atoms with Crippen molar-refractivity contribution in [3.05, 3.63) is 78.1 Å². The quantitative estimate of drug-likeness (QED) is 0.308. The Morgan fingerprint density at radius 3 is 2.28 bits per heavy atom. The number of ether oxygens (including phenoxy) is 3. The number of sulfonamides is 1. The third-order valence-corrected chi connectivity index (χ3v) is 8.71. The maximum Gasteiger partial charge on any atom is 0.264 e. The number of carbonyl (C=O) groups is 2. The normalized spacial score (nSPS) is 13.1. The summed E-state index contributed by atoms with van der Waals surface area (Å²) in [5.74, 6) is -0.218. The highest BCUT2D eigenvalue weighted by Gasteiger charge is 2.34. The van der Waals surface area contributed by atoms with E-state index in [9.17, 15) is 22.4 Å². The number of rotatable bonds is 13. The van der Waals surface area contributed by atoms with Gasteiger partial charge in [0, 0.05) is 19.2 Å². The predicted molar refractivity (Wildman–Crippen MR) is 159 cm³/mol. The van der Waals surface area contributed by atoms with Crippen molar-refractivity contribution in [2.45, 2.75) is 44.2 Å². The molecule has 0 fully saturated rings. The smallest absolute Gasteiger partial charge is 0.264 e. The van der Waals surface area contributed by atoms with E-state index in [0.29, 0.717) is 37.5 Å². The van der Waals surface area contributed by atoms with Crippen LogP contribution in [0.3, 0.4) is 0 Å². The topological polar surface area (TPSA) is 114 Å². The van der Waals surface area contributed by atoms with Crippen LogP contribution in [0, 0.1) is 5.82 Å². The molecule has 3 aromatic carbocycles. The lowest BCUT2D eigenvalue weighted by atomic mass is 10.1. The minimum Gasteiger partial charge on any atom is -0.497 e. The summed E-state index contributed by atoms with van der Waals surface area (Å²) in [7, 11) is -2.82. The van der Waals surface area contributed by atoms with Gasteiger partial charge in [0.2, 0.25) is 11.8 Å². The predicted octanol–water partition coefficient (Wildman–Crippen LogP) is 4.13. The van der Waals surface area contributed by atoms with Crippen LogP contribution in [-0.4, -0.2) is 64.6 Å². The van der Waals surface area contributed by atoms with Gasteiger partial charge in [-0.25, -0.2) is 12.8 Å². The maximum absolute atomic E-state index is 14.1. The van der Waals surface area contributed by atoms with Gasteiger partial charge in [0.05, 0.1) is 17.7 Å². The van der Waals surface area contributed by atoms with E-state index >= 15 is 0 Å². The van der Waals surface area contributed by atoms with Crippen molar-refractivity contribution >= 4 is 27.5 Å². The zero-order valence-corrected chi connectivity index (χ0v) is 25.2. The van der Waals surface area contributed by atoms with Crippen molar-refractivity contribution in [2.24, 2.45) is 0 Å². The summed E-state index contributed by atoms with van der Waals surface area (Å²) in [6, 6.07) is 15.2. The molecule has 12 heteroatoms. The molecule has 0 aliphatic carbocycles. The lowest BCUT2D eigenvalue weighted by Crippen LogP contribution is -2.52. The van der Waals surface area contributed by atoms with Crippen molar-refractivity contribution in [3.8, 4) is 17.2 Å². The molecule has 4 rings (SSSR count). The third-order valence-electron chi connectivity index (χ3n) is 6.94. The van der Waals surface area contributed by atoms with Gasteiger partial charge < -0.3 is 24.4 Å². The molecule has 230 valence electrons. The highest BCUT2D eigenvalue weighted by Crippen LogP contribution is 2.34. The van der Waals surface area contributed by atoms with Crippen LogP contribution in [0.4, 0.5) is 10.1 Å². The Labute approximate surface area is 251 Å². The number of anilines is 1. The van der Waals surface area contributed by atoms with E-state index in [0.717, 1.165) is 22.0 Å². The Balaban J connectivity index is 1.73. The van der Waals surface area contributed by atoms with Gasteiger partial charge in [-0.1, -0.05) is 26.0 Å². The minimum atomic E-state index is -4.37. The van der Waals surface area contributed by atoms with Gasteiger partial charge in [-0.2, -0.15) is 0 Å². The Kier molecular flexibility index (Phi) is 10.5. The SMILES string of the molecule is CCCNC(=O)[C@H](CC)N(Cc1ccc(OC)cc1)C(=O)CN(c1ccc(F)cc1)S(=O)(=O)c1ccc2c(c1)OCCO2. The standard InChI is InChI=1S/C31H36FN3O7S/c1-4-16-33-31(37)27(5-2)34(20-22-6-12-25(40-3)13-7-22)30(36)21-35(24-10-8-23(32)9-11-24)43(38,39)26-14-15-28-29(19-26)42-18-17-41-28/h6-15,19,27H,4-5,16-18,20-21H2,1-3H3,(H,33,37)/t27-/m0/s1. The van der Waals surface area contributed by atoms with Gasteiger partial charge in [-0.15, -0.1) is 0 Å². The van der Waals surface area contributed by atoms with E-state index in [1.165, 1.54) is 35.2 Å². The maximum atomic E-state index is 14.1. The van der Waals surface area contributed by atoms with Crippen LogP contribution < -0.4 is 23.8 Å². The van der Waals surface area contributed by atoms with Crippen LogP contribution in [0.5, 0.6) is 17.2 Å². The second-order valence-electron chi connectivity index (χ2n) is 9.88. The molecule has 1 atom stereocenters. The number of hydrogen-bond donors (Lipinski definition) is 1. The minimum absolute atomic E-state index is 0.0439. The van der Waals surface area contributed by atoms with E-state index in [2.05, 4.69) is 5.32 Å². The molecule has 43 heavy (non-hydrogen) atoms. The van der Waals surface area contributed by atoms with Crippen LogP contribution in [0.15, 0.2) is 71.6 Å². The molecule has 0 aromatic heterocycles. The van der Waals surface area contributed by atoms with Crippen molar-refractivity contribution in [1.82, 2.24) is 10.2 Å². The fourth-order valence-corrected chi connectivity index (χ4v) is 6.09. The molecule has 3 aromatic rings. The highest BCUT2D eigenvalue weighted by atomic mass is 32.2. The van der Waals surface area contributed by atoms with E-state index < -0.39 is 34.3 Å². The molecule has 1 N–H and O–H groups in total. The van der Waals surface area contributed by atoms with Gasteiger partial charge in [0.15, 0.2) is 11.5 Å². The number of methoxy groups -OCH3 is 1. The first-order valence-corrected chi connectivity index (χ1v) is 15.5. The Hall–Kier alpha value is -4.32. The zero-order valence-electron chi connectivity index (χ0n) is 24.4. The number of nitrogens with one attached hydrogen (secondary N) is 1. The average molecular weight is 614 g/mol. The Morgan fingerprint density at radius 1 is 0.977 bits per heavy atom. The molecule has 10 nitrogen and oxygen atoms in total. The van der Waals surface area contributed by atoms with Crippen LogP contribution >= 0.6 is 0 Å². The summed E-state index contributed by atoms with van der Waals surface area (Å²) in [5.41, 5.74) is 0.802. The van der Waals surface area contributed by atoms with Crippen molar-refractivity contribution < 1.29 is 36.6 Å². The summed E-state index contributed by atoms with van der Waals surface area (Å²) in [4.78, 5) is 28.5. The zero-order chi connectivity index (χ0) is 31.0. The van der Waals surface area contributed by atoms with Crippen LogP contribution in [0.2, 0.25) is 0 Å². The second-order valence-corrected chi connectivity index (χ2v) is 11.7. The number of carbonyl (C=O) groups excluding carboxylic acids is 2. The van der Waals surface area contributed by atoms with E-state index in [4.69, 9.17) is 14.2 Å². The summed E-state index contributed by atoms with van der Waals surface area (Å²) in [5, 5.41) is 2.85. The van der Waals surface area contributed by atoms with Crippen LogP contribution in [-0.2, 0) is 26.2 Å². The number of benzene rings is 3. The van der Waals surface area contributed by atoms with Crippen LogP contribution in [0.25, 0.3) is 0 Å². The molecule has 1 heterocycles. The fourth-order valence-electron chi connectivity index (χ4n) is 4.66. The lowest BCUT2D eigenvalue weighted by Gasteiger charge is -2.33. The Bertz CT molecular complexity index is 1520. The molecule has 2 amide bonds. The molecule has 0 spiro atoms. The molecule has 0 saturated carbocycles. The first kappa shape index (κ1) is 31.6. The van der Waals surface area contributed by atoms with Gasteiger partial charge in [-0.05, 0) is 66.9 Å². The van der Waals surface area contributed by atoms with Crippen LogP contribution in [0.1, 0.15) is 32.3 Å². The number of amides is 2. The van der Waals surface area contributed by atoms with Gasteiger partial charge >= 0.3 is 0 Å². The van der Waals surface area contributed by atoms with Crippen molar-refractivity contribution in [2.75, 3.05) is 37.7 Å². The van der Waals surface area contributed by atoms with Gasteiger partial charge in [0.25, 0.3) is 10.0 Å². The summed E-state index contributed by atoms with van der Waals surface area (Å²) in [6.07, 6.45) is 1.00. The average Bonchev–Trinajstić information content (AvgIpc) is 3.02.